The SMILES string of the molecule is O=C1[C@H]2CN(Cc3nccs3)C[C@H]2CN1c1ccsc1. The maximum atomic E-state index is 12.5. The fraction of sp³-hybridized carbons (Fsp3) is 0.429. The van der Waals surface area contributed by atoms with Gasteiger partial charge in [-0.2, -0.15) is 11.3 Å². The third-order valence-corrected chi connectivity index (χ3v) is 5.61. The van der Waals surface area contributed by atoms with Gasteiger partial charge in [-0.25, -0.2) is 4.98 Å². The smallest absolute Gasteiger partial charge is 0.231 e. The van der Waals surface area contributed by atoms with Crippen LogP contribution in [-0.4, -0.2) is 35.4 Å². The number of hydrogen-bond donors (Lipinski definition) is 0. The summed E-state index contributed by atoms with van der Waals surface area (Å²) < 4.78 is 0. The second-order valence-corrected chi connectivity index (χ2v) is 7.18. The van der Waals surface area contributed by atoms with E-state index in [9.17, 15) is 4.79 Å². The number of thiazole rings is 1. The number of rotatable bonds is 3. The number of aromatic nitrogens is 1. The third-order valence-electron chi connectivity index (χ3n) is 4.18. The quantitative estimate of drug-likeness (QED) is 0.873. The predicted molar refractivity (Wildman–Crippen MR) is 81.0 cm³/mol. The zero-order valence-corrected chi connectivity index (χ0v) is 12.6. The first kappa shape index (κ1) is 12.5. The van der Waals surface area contributed by atoms with Gasteiger partial charge in [0.05, 0.1) is 18.2 Å². The van der Waals surface area contributed by atoms with Crippen molar-refractivity contribution in [1.82, 2.24) is 9.88 Å². The van der Waals surface area contributed by atoms with Gasteiger partial charge in [0.2, 0.25) is 5.91 Å². The van der Waals surface area contributed by atoms with Crippen LogP contribution in [0.3, 0.4) is 0 Å². The van der Waals surface area contributed by atoms with Crippen LogP contribution in [0, 0.1) is 11.8 Å². The molecule has 2 aromatic rings. The summed E-state index contributed by atoms with van der Waals surface area (Å²) in [6, 6.07) is 2.04. The number of nitrogens with zero attached hydrogens (tertiary/aromatic N) is 3. The minimum absolute atomic E-state index is 0.176. The Morgan fingerprint density at radius 1 is 1.30 bits per heavy atom. The molecule has 20 heavy (non-hydrogen) atoms. The summed E-state index contributed by atoms with van der Waals surface area (Å²) in [7, 11) is 0. The Morgan fingerprint density at radius 3 is 2.95 bits per heavy atom. The van der Waals surface area contributed by atoms with E-state index in [2.05, 4.69) is 15.3 Å². The van der Waals surface area contributed by atoms with Gasteiger partial charge in [0, 0.05) is 42.5 Å². The number of likely N-dealkylation sites (tertiary alicyclic amines) is 1. The van der Waals surface area contributed by atoms with Gasteiger partial charge in [-0.3, -0.25) is 9.69 Å². The fourth-order valence-electron chi connectivity index (χ4n) is 3.24. The molecule has 0 aliphatic carbocycles. The van der Waals surface area contributed by atoms with E-state index in [1.165, 1.54) is 0 Å². The summed E-state index contributed by atoms with van der Waals surface area (Å²) in [6.07, 6.45) is 1.85. The van der Waals surface area contributed by atoms with E-state index < -0.39 is 0 Å². The third kappa shape index (κ3) is 2.08. The van der Waals surface area contributed by atoms with Crippen molar-refractivity contribution in [3.8, 4) is 0 Å². The van der Waals surface area contributed by atoms with Crippen LogP contribution in [0.15, 0.2) is 28.4 Å². The van der Waals surface area contributed by atoms with E-state index >= 15 is 0 Å². The van der Waals surface area contributed by atoms with Crippen LogP contribution in [0.4, 0.5) is 5.69 Å². The monoisotopic (exact) mass is 305 g/mol. The topological polar surface area (TPSA) is 36.4 Å². The second-order valence-electron chi connectivity index (χ2n) is 5.42. The summed E-state index contributed by atoms with van der Waals surface area (Å²) in [6.45, 7) is 3.64. The average molecular weight is 305 g/mol. The highest BCUT2D eigenvalue weighted by molar-refractivity contribution is 7.09. The standard InChI is InChI=1S/C14H15N3OS2/c18-14-12-7-16(8-13-15-2-4-20-13)5-10(12)6-17(14)11-1-3-19-9-11/h1-4,9-10,12H,5-8H2/t10-,12-/m0/s1. The number of amides is 1. The molecule has 0 saturated carbocycles. The first-order chi connectivity index (χ1) is 9.81. The first-order valence-corrected chi connectivity index (χ1v) is 8.58. The van der Waals surface area contributed by atoms with Gasteiger partial charge in [-0.05, 0) is 11.4 Å². The maximum Gasteiger partial charge on any atom is 0.231 e. The van der Waals surface area contributed by atoms with Crippen molar-refractivity contribution >= 4 is 34.3 Å². The Morgan fingerprint density at radius 2 is 2.25 bits per heavy atom. The maximum absolute atomic E-state index is 12.5. The average Bonchev–Trinajstić information content (AvgIpc) is 3.17. The van der Waals surface area contributed by atoms with Crippen LogP contribution in [0.5, 0.6) is 0 Å². The summed E-state index contributed by atoms with van der Waals surface area (Å²) in [5.41, 5.74) is 1.07. The van der Waals surface area contributed by atoms with E-state index in [0.717, 1.165) is 36.9 Å². The normalized spacial score (nSPS) is 26.4. The Labute approximate surface area is 125 Å². The van der Waals surface area contributed by atoms with Gasteiger partial charge in [0.1, 0.15) is 5.01 Å². The van der Waals surface area contributed by atoms with Crippen molar-refractivity contribution in [2.45, 2.75) is 6.54 Å². The van der Waals surface area contributed by atoms with Gasteiger partial charge in [-0.1, -0.05) is 0 Å². The highest BCUT2D eigenvalue weighted by Gasteiger charge is 2.46. The van der Waals surface area contributed by atoms with E-state index in [4.69, 9.17) is 0 Å². The number of carbonyl (C=O) groups excluding carboxylic acids is 1. The van der Waals surface area contributed by atoms with Crippen molar-refractivity contribution in [3.05, 3.63) is 33.4 Å². The van der Waals surface area contributed by atoms with E-state index in [0.29, 0.717) is 11.8 Å². The lowest BCUT2D eigenvalue weighted by Crippen LogP contribution is -2.32. The first-order valence-electron chi connectivity index (χ1n) is 6.75. The molecule has 2 aliphatic rings. The molecule has 104 valence electrons. The predicted octanol–water partition coefficient (Wildman–Crippen LogP) is 2.30. The molecule has 0 spiro atoms. The summed E-state index contributed by atoms with van der Waals surface area (Å²) in [4.78, 5) is 21.2. The second kappa shape index (κ2) is 4.95. The molecule has 4 heterocycles. The molecule has 0 unspecified atom stereocenters. The number of fused-ring (bicyclic) bond motifs is 1. The van der Waals surface area contributed by atoms with Gasteiger partial charge in [0.15, 0.2) is 0 Å². The summed E-state index contributed by atoms with van der Waals surface area (Å²) in [5, 5.41) is 7.25. The van der Waals surface area contributed by atoms with Crippen LogP contribution >= 0.6 is 22.7 Å². The molecule has 2 aliphatic heterocycles. The highest BCUT2D eigenvalue weighted by atomic mass is 32.1. The van der Waals surface area contributed by atoms with Gasteiger partial charge < -0.3 is 4.90 Å². The van der Waals surface area contributed by atoms with Crippen LogP contribution < -0.4 is 4.90 Å². The van der Waals surface area contributed by atoms with Crippen molar-refractivity contribution in [1.29, 1.82) is 0 Å². The van der Waals surface area contributed by atoms with Gasteiger partial charge >= 0.3 is 0 Å². The minimum atomic E-state index is 0.176. The Bertz CT molecular complexity index is 596. The molecule has 0 N–H and O–H groups in total. The van der Waals surface area contributed by atoms with Crippen molar-refractivity contribution in [2.24, 2.45) is 11.8 Å². The lowest BCUT2D eigenvalue weighted by molar-refractivity contribution is -0.120. The molecule has 2 fully saturated rings. The molecule has 6 heteroatoms. The summed E-state index contributed by atoms with van der Waals surface area (Å²) >= 11 is 3.34. The van der Waals surface area contributed by atoms with Crippen LogP contribution in [0.25, 0.3) is 0 Å². The molecule has 2 atom stereocenters. The molecule has 2 aromatic heterocycles. The number of thiophene rings is 1. The van der Waals surface area contributed by atoms with E-state index in [-0.39, 0.29) is 5.92 Å². The zero-order chi connectivity index (χ0) is 13.5. The molecule has 0 radical (unpaired) electrons. The van der Waals surface area contributed by atoms with Crippen molar-refractivity contribution in [2.75, 3.05) is 24.5 Å². The molecule has 4 rings (SSSR count). The van der Waals surface area contributed by atoms with Crippen LogP contribution in [0.1, 0.15) is 5.01 Å². The van der Waals surface area contributed by atoms with Gasteiger partial charge in [-0.15, -0.1) is 11.3 Å². The molecule has 4 nitrogen and oxygen atoms in total. The minimum Gasteiger partial charge on any atom is -0.311 e. The Hall–Kier alpha value is -1.24. The fourth-order valence-corrected chi connectivity index (χ4v) is 4.54. The summed E-state index contributed by atoms with van der Waals surface area (Å²) in [5.74, 6) is 0.951. The van der Waals surface area contributed by atoms with Gasteiger partial charge in [0.25, 0.3) is 0 Å². The molecule has 0 aromatic carbocycles. The molecule has 2 saturated heterocycles. The van der Waals surface area contributed by atoms with Crippen molar-refractivity contribution in [3.63, 3.8) is 0 Å². The van der Waals surface area contributed by atoms with E-state index in [1.54, 1.807) is 22.7 Å². The molecule has 0 bridgehead atoms. The number of carbonyl (C=O) groups is 1. The Kier molecular flexibility index (Phi) is 3.09. The lowest BCUT2D eigenvalue weighted by atomic mass is 10.0. The van der Waals surface area contributed by atoms with E-state index in [1.807, 2.05) is 27.9 Å². The molecular formula is C14H15N3OS2. The lowest BCUT2D eigenvalue weighted by Gasteiger charge is -2.20. The zero-order valence-electron chi connectivity index (χ0n) is 10.9. The van der Waals surface area contributed by atoms with Crippen LogP contribution in [-0.2, 0) is 11.3 Å². The molecule has 1 amide bonds. The number of anilines is 1. The Balaban J connectivity index is 1.45. The van der Waals surface area contributed by atoms with Crippen LogP contribution in [0.2, 0.25) is 0 Å². The van der Waals surface area contributed by atoms with Crippen molar-refractivity contribution < 1.29 is 4.79 Å². The highest BCUT2D eigenvalue weighted by Crippen LogP contribution is 2.36. The largest absolute Gasteiger partial charge is 0.311 e. The molecular weight excluding hydrogens is 290 g/mol. The number of hydrogen-bond acceptors (Lipinski definition) is 5.